The Hall–Kier alpha value is -3.79. The molecule has 0 aliphatic heterocycles. The topological polar surface area (TPSA) is 111 Å². The zero-order chi connectivity index (χ0) is 112. The van der Waals surface area contributed by atoms with E-state index in [2.05, 4.69) is 26.2 Å². The zero-order valence-electron chi connectivity index (χ0n) is 89.2. The summed E-state index contributed by atoms with van der Waals surface area (Å²) in [5.41, 5.74) is 7.53. The Morgan fingerprint density at radius 3 is 0.647 bits per heavy atom. The third-order valence-corrected chi connectivity index (χ3v) is 40.1. The van der Waals surface area contributed by atoms with Crippen molar-refractivity contribution < 1.29 is 169 Å². The third-order valence-electron chi connectivity index (χ3n) is 24.1. The van der Waals surface area contributed by atoms with Gasteiger partial charge < -0.3 is 54.4 Å². The van der Waals surface area contributed by atoms with Crippen molar-refractivity contribution in [3.05, 3.63) is 115 Å². The van der Waals surface area contributed by atoms with E-state index < -0.39 is 183 Å². The molecule has 5 rings (SSSR count). The first-order chi connectivity index (χ1) is 69.7. The first-order valence-electron chi connectivity index (χ1n) is 52.1. The third kappa shape index (κ3) is 55.8. The summed E-state index contributed by atoms with van der Waals surface area (Å²) in [4.78, 5) is 0. The van der Waals surface area contributed by atoms with E-state index in [1.807, 2.05) is 104 Å². The number of rotatable bonds is 80. The number of alkyl halides is 26. The lowest BCUT2D eigenvalue weighted by Gasteiger charge is -2.29. The Morgan fingerprint density at radius 1 is 0.233 bits per heavy atom. The maximum absolute atomic E-state index is 15.4. The molecule has 0 spiro atoms. The van der Waals surface area contributed by atoms with Gasteiger partial charge in [0.2, 0.25) is 0 Å². The van der Waals surface area contributed by atoms with Crippen LogP contribution in [0.4, 0.5) is 114 Å². The summed E-state index contributed by atoms with van der Waals surface area (Å²) in [5.74, 6) is -40.5. The Morgan fingerprint density at radius 2 is 0.433 bits per heavy atom. The molecule has 0 N–H and O–H groups in total. The molecule has 868 valence electrons. The van der Waals surface area contributed by atoms with Gasteiger partial charge in [-0.05, 0) is 310 Å². The molecule has 0 saturated heterocycles. The van der Waals surface area contributed by atoms with Crippen LogP contribution in [0.15, 0.2) is 48.5 Å². The van der Waals surface area contributed by atoms with Crippen molar-refractivity contribution in [1.82, 2.24) is 0 Å². The van der Waals surface area contributed by atoms with Gasteiger partial charge in [-0.1, -0.05) is 48.5 Å². The number of halogens is 26. The highest BCUT2D eigenvalue weighted by Crippen LogP contribution is 2.49. The minimum atomic E-state index is -5.41. The molecular formula is C104H158F26O12S4Si4. The molecule has 0 fully saturated rings. The molecule has 4 aromatic rings. The molecule has 1 aliphatic carbocycles. The highest BCUT2D eigenvalue weighted by atomic mass is 32.2. The number of aryl methyl sites for hydroxylation is 4. The van der Waals surface area contributed by atoms with Crippen LogP contribution in [0.1, 0.15) is 277 Å². The molecule has 1 aliphatic rings. The van der Waals surface area contributed by atoms with E-state index >= 15 is 35.1 Å². The van der Waals surface area contributed by atoms with Crippen molar-refractivity contribution in [1.29, 1.82) is 0 Å². The van der Waals surface area contributed by atoms with E-state index in [-0.39, 0.29) is 204 Å². The second kappa shape index (κ2) is 63.4. The van der Waals surface area contributed by atoms with Crippen LogP contribution in [-0.2, 0) is 86.8 Å². The lowest BCUT2D eigenvalue weighted by atomic mass is 9.87. The smallest absolute Gasteiger partial charge is 0.493 e. The van der Waals surface area contributed by atoms with Crippen LogP contribution in [0.3, 0.4) is 0 Å². The maximum atomic E-state index is 15.4. The number of ether oxygens (including phenoxy) is 4. The SMILES string of the molecule is CCO[Si](C)(C)CCCOc1c2cc(CCCSCCCC(F)(F)CC(F)(F)CC(F)(F)F)cc1Cc1cc(CCCSCCCC(F)(F)CC(F)(F)CC(F)(F)F)cc(c1OCCC[Si](OCC)(OCC)OCC)Cc1cc(CCCSCCC(F)(F)CC(F)(F)CC(C)(F)F)cc(c1OCCC[Si](OCC)(OCC)OCC)Cc1cc(CCCSCCC(F)(F)CC(F)(F)CC(C)(F)F)cc(c1OCCC[Si](C)(C)OCC)C2. The molecule has 0 heterocycles. The van der Waals surface area contributed by atoms with Gasteiger partial charge in [-0.25, -0.2) is 87.8 Å². The van der Waals surface area contributed by atoms with Gasteiger partial charge in [0.15, 0.2) is 16.6 Å². The van der Waals surface area contributed by atoms with Gasteiger partial charge in [0.25, 0.3) is 59.2 Å². The summed E-state index contributed by atoms with van der Waals surface area (Å²) in [6.45, 7) is 26.0. The largest absolute Gasteiger partial charge is 0.501 e. The second-order valence-electron chi connectivity index (χ2n) is 40.0. The van der Waals surface area contributed by atoms with Crippen molar-refractivity contribution in [2.75, 3.05) is 125 Å². The summed E-state index contributed by atoms with van der Waals surface area (Å²) in [6, 6.07) is 17.6. The molecule has 0 amide bonds. The Balaban J connectivity index is 2.01. The first kappa shape index (κ1) is 137. The maximum Gasteiger partial charge on any atom is 0.501 e. The molecule has 150 heavy (non-hydrogen) atoms. The van der Waals surface area contributed by atoms with Gasteiger partial charge in [0.05, 0.1) is 65.0 Å². The van der Waals surface area contributed by atoms with E-state index in [4.69, 9.17) is 54.4 Å². The molecular weight excluding hydrogens is 2180 g/mol. The summed E-state index contributed by atoms with van der Waals surface area (Å²) >= 11 is 4.55. The number of hydrogen-bond acceptors (Lipinski definition) is 16. The molecule has 12 nitrogen and oxygen atoms in total. The van der Waals surface area contributed by atoms with Gasteiger partial charge in [-0.2, -0.15) is 73.4 Å². The van der Waals surface area contributed by atoms with E-state index in [9.17, 15) is 79.0 Å². The van der Waals surface area contributed by atoms with Crippen LogP contribution < -0.4 is 18.9 Å². The van der Waals surface area contributed by atoms with Crippen molar-refractivity contribution in [3.8, 4) is 23.0 Å². The molecule has 0 radical (unpaired) electrons. The van der Waals surface area contributed by atoms with E-state index in [0.29, 0.717) is 160 Å². The fraction of sp³-hybridized carbons (Fsp3) is 0.769. The van der Waals surface area contributed by atoms with Gasteiger partial charge in [0.1, 0.15) is 35.8 Å². The van der Waals surface area contributed by atoms with Crippen molar-refractivity contribution in [2.45, 2.75) is 384 Å². The Bertz CT molecular complexity index is 4510. The fourth-order valence-electron chi connectivity index (χ4n) is 18.5. The number of benzene rings is 4. The van der Waals surface area contributed by atoms with E-state index in [1.54, 1.807) is 0 Å². The molecule has 4 aromatic carbocycles. The number of hydrogen-bond donors (Lipinski definition) is 0. The van der Waals surface area contributed by atoms with Crippen LogP contribution in [0, 0.1) is 0 Å². The van der Waals surface area contributed by atoms with Gasteiger partial charge in [-0.3, -0.25) is 0 Å². The first-order valence-corrected chi connectivity index (χ1v) is 66.9. The normalized spacial score (nSPS) is 14.1. The summed E-state index contributed by atoms with van der Waals surface area (Å²) in [7, 11) is -11.6. The van der Waals surface area contributed by atoms with E-state index in [1.165, 1.54) is 23.5 Å². The lowest BCUT2D eigenvalue weighted by Crippen LogP contribution is -2.46. The van der Waals surface area contributed by atoms with Crippen LogP contribution in [-0.4, -0.2) is 231 Å². The van der Waals surface area contributed by atoms with Gasteiger partial charge in [-0.15, -0.1) is 0 Å². The molecule has 0 atom stereocenters. The van der Waals surface area contributed by atoms with Crippen molar-refractivity contribution >= 4 is 81.3 Å². The molecule has 0 saturated carbocycles. The number of thioether (sulfide) groups is 4. The standard InChI is InChI=1S/C104H158F26O12S4Si4/c1-15-135-147(11,12)53-29-41-131-89-81-57-77(33-23-45-143-49-27-37-95(109,110)71-101(121,122)75-103(125,126)127)58-82(89)66-85-59-78(34-24-46-144-50-28-38-96(111,112)72-102(123,124)76-104(128,129)130)60-86(91(85)133-43-31-55-149(137-17-3,138-18-4)139-19-5)68-88-64-80(36-26-48-146-52-40-98(115,116)74-100(119,120)70-94(10,107)108)63-87(92(88)134-44-32-56-150(140-20-6,141-21-7)142-22-8)67-84-62-79(61-83(65-81)90(84)132-42-30-54-148(13,14)136-16-2)35-25-47-145-51-39-97(113,114)73-99(117,118)69-93(9,105)106/h57-64H,15-56,65-76H2,1-14H3. The molecule has 0 aromatic heterocycles. The highest BCUT2D eigenvalue weighted by molar-refractivity contribution is 7.99. The van der Waals surface area contributed by atoms with Gasteiger partial charge in [0, 0.05) is 116 Å². The van der Waals surface area contributed by atoms with E-state index in [0.717, 1.165) is 29.1 Å². The van der Waals surface area contributed by atoms with Crippen LogP contribution in [0.5, 0.6) is 23.0 Å². The second-order valence-corrected chi connectivity index (χ2v) is 59.0. The average Bonchev–Trinajstić information content (AvgIpc) is 0.767. The van der Waals surface area contributed by atoms with Crippen molar-refractivity contribution in [3.63, 3.8) is 0 Å². The van der Waals surface area contributed by atoms with Crippen molar-refractivity contribution in [2.24, 2.45) is 0 Å². The predicted molar refractivity (Wildman–Crippen MR) is 556 cm³/mol. The lowest BCUT2D eigenvalue weighted by molar-refractivity contribution is -0.208. The average molecular weight is 2330 g/mol. The van der Waals surface area contributed by atoms with Crippen LogP contribution >= 0.6 is 47.0 Å². The van der Waals surface area contributed by atoms with Crippen LogP contribution in [0.25, 0.3) is 0 Å². The summed E-state index contributed by atoms with van der Waals surface area (Å²) < 4.78 is 454. The minimum Gasteiger partial charge on any atom is -0.493 e. The summed E-state index contributed by atoms with van der Waals surface area (Å²) in [6.07, 6.45) is -30.3. The Labute approximate surface area is 891 Å². The monoisotopic (exact) mass is 2330 g/mol. The predicted octanol–water partition coefficient (Wildman–Crippen LogP) is 33.7. The quantitative estimate of drug-likeness (QED) is 0.0209. The molecule has 8 bridgehead atoms. The zero-order valence-corrected chi connectivity index (χ0v) is 96.4. The molecule has 0 unspecified atom stereocenters. The number of fused-ring (bicyclic) bond motifs is 8. The fourth-order valence-corrected chi connectivity index (χ4v) is 31.3. The van der Waals surface area contributed by atoms with Gasteiger partial charge >= 0.3 is 30.0 Å². The Kier molecular flexibility index (Phi) is 57.8. The summed E-state index contributed by atoms with van der Waals surface area (Å²) in [5, 5.41) is 0. The molecule has 46 heteroatoms. The van der Waals surface area contributed by atoms with Crippen LogP contribution in [0.2, 0.25) is 50.4 Å². The minimum absolute atomic E-state index is 0.00248. The highest BCUT2D eigenvalue weighted by Gasteiger charge is 2.54.